The second-order valence-electron chi connectivity index (χ2n) is 3.95. The van der Waals surface area contributed by atoms with Crippen LogP contribution in [0.5, 0.6) is 0 Å². The number of halogens is 1. The number of anilines is 1. The van der Waals surface area contributed by atoms with Crippen molar-refractivity contribution < 1.29 is 14.6 Å². The van der Waals surface area contributed by atoms with E-state index in [0.717, 1.165) is 34.9 Å². The Morgan fingerprint density at radius 1 is 1.53 bits per heavy atom. The van der Waals surface area contributed by atoms with Gasteiger partial charge >= 0.3 is 5.97 Å². The van der Waals surface area contributed by atoms with E-state index < -0.39 is 5.97 Å². The molecule has 1 N–H and O–H groups in total. The molecule has 19 heavy (non-hydrogen) atoms. The van der Waals surface area contributed by atoms with Gasteiger partial charge in [-0.25, -0.2) is 4.79 Å². The highest BCUT2D eigenvalue weighted by molar-refractivity contribution is 9.10. The fraction of sp³-hybridized carbons (Fsp3) is 0.357. The van der Waals surface area contributed by atoms with Gasteiger partial charge in [0.2, 0.25) is 0 Å². The summed E-state index contributed by atoms with van der Waals surface area (Å²) < 4.78 is 6.06. The molecule has 4 nitrogen and oxygen atoms in total. The number of rotatable bonds is 7. The van der Waals surface area contributed by atoms with Crippen LogP contribution in [0.3, 0.4) is 0 Å². The summed E-state index contributed by atoms with van der Waals surface area (Å²) in [6.07, 6.45) is 2.76. The number of likely N-dealkylation sites (N-methyl/N-ethyl adjacent to an activating group) is 1. The summed E-state index contributed by atoms with van der Waals surface area (Å²) in [6.45, 7) is 4.27. The fourth-order valence-electron chi connectivity index (χ4n) is 1.74. The van der Waals surface area contributed by atoms with Gasteiger partial charge in [0.25, 0.3) is 0 Å². The van der Waals surface area contributed by atoms with Crippen molar-refractivity contribution in [3.8, 4) is 0 Å². The Hall–Kier alpha value is -1.33. The molecule has 0 radical (unpaired) electrons. The second kappa shape index (κ2) is 7.96. The standard InChI is InChI=1S/C14H18BrNO3/c1-3-16(8-9-19-2)13-10-12(15)6-4-11(13)5-7-14(17)18/h4-7,10H,3,8-9H2,1-2H3,(H,17,18). The van der Waals surface area contributed by atoms with E-state index in [1.54, 1.807) is 13.2 Å². The lowest BCUT2D eigenvalue weighted by Gasteiger charge is -2.25. The zero-order chi connectivity index (χ0) is 14.3. The molecule has 1 aromatic carbocycles. The van der Waals surface area contributed by atoms with Gasteiger partial charge in [-0.2, -0.15) is 0 Å². The molecule has 0 bridgehead atoms. The number of benzene rings is 1. The maximum Gasteiger partial charge on any atom is 0.328 e. The van der Waals surface area contributed by atoms with E-state index in [1.807, 2.05) is 18.2 Å². The third kappa shape index (κ3) is 5.04. The average Bonchev–Trinajstić information content (AvgIpc) is 2.38. The summed E-state index contributed by atoms with van der Waals surface area (Å²) in [4.78, 5) is 12.8. The van der Waals surface area contributed by atoms with Crippen molar-refractivity contribution in [2.75, 3.05) is 31.7 Å². The first kappa shape index (κ1) is 15.7. The Morgan fingerprint density at radius 3 is 2.84 bits per heavy atom. The van der Waals surface area contributed by atoms with Crippen LogP contribution in [0.1, 0.15) is 12.5 Å². The van der Waals surface area contributed by atoms with Gasteiger partial charge in [0.1, 0.15) is 0 Å². The van der Waals surface area contributed by atoms with Crippen LogP contribution in [0, 0.1) is 0 Å². The first-order valence-electron chi connectivity index (χ1n) is 6.03. The number of hydrogen-bond donors (Lipinski definition) is 1. The quantitative estimate of drug-likeness (QED) is 0.782. The normalized spacial score (nSPS) is 10.9. The molecule has 0 aromatic heterocycles. The zero-order valence-corrected chi connectivity index (χ0v) is 12.7. The number of nitrogens with zero attached hydrogens (tertiary/aromatic N) is 1. The van der Waals surface area contributed by atoms with E-state index in [-0.39, 0.29) is 0 Å². The molecule has 0 fully saturated rings. The molecule has 0 atom stereocenters. The Bertz CT molecular complexity index is 460. The molecule has 0 aliphatic rings. The van der Waals surface area contributed by atoms with Gasteiger partial charge in [-0.05, 0) is 30.7 Å². The highest BCUT2D eigenvalue weighted by Gasteiger charge is 2.09. The summed E-state index contributed by atoms with van der Waals surface area (Å²) in [6, 6.07) is 5.78. The predicted molar refractivity (Wildman–Crippen MR) is 80.6 cm³/mol. The molecule has 0 saturated heterocycles. The first-order chi connectivity index (χ1) is 9.08. The smallest absolute Gasteiger partial charge is 0.328 e. The SMILES string of the molecule is CCN(CCOC)c1cc(Br)ccc1C=CC(=O)O. The number of methoxy groups -OCH3 is 1. The molecule has 0 aliphatic heterocycles. The van der Waals surface area contributed by atoms with E-state index >= 15 is 0 Å². The number of aliphatic carboxylic acids is 1. The Kier molecular flexibility index (Phi) is 6.59. The summed E-state index contributed by atoms with van der Waals surface area (Å²) >= 11 is 3.44. The molecule has 0 aliphatic carbocycles. The molecule has 0 spiro atoms. The fourth-order valence-corrected chi connectivity index (χ4v) is 2.09. The van der Waals surface area contributed by atoms with Gasteiger partial charge in [0.05, 0.1) is 6.61 Å². The Balaban J connectivity index is 3.07. The van der Waals surface area contributed by atoms with Crippen LogP contribution in [0.25, 0.3) is 6.08 Å². The lowest BCUT2D eigenvalue weighted by Crippen LogP contribution is -2.27. The molecular formula is C14H18BrNO3. The summed E-state index contributed by atoms with van der Waals surface area (Å²) in [5.41, 5.74) is 1.87. The maximum atomic E-state index is 10.6. The van der Waals surface area contributed by atoms with Crippen molar-refractivity contribution >= 4 is 33.7 Å². The molecule has 0 amide bonds. The van der Waals surface area contributed by atoms with Crippen LogP contribution in [0.4, 0.5) is 5.69 Å². The largest absolute Gasteiger partial charge is 0.478 e. The Labute approximate surface area is 121 Å². The first-order valence-corrected chi connectivity index (χ1v) is 6.82. The van der Waals surface area contributed by atoms with Gasteiger partial charge in [-0.1, -0.05) is 22.0 Å². The van der Waals surface area contributed by atoms with Gasteiger partial charge in [0, 0.05) is 36.4 Å². The highest BCUT2D eigenvalue weighted by atomic mass is 79.9. The van der Waals surface area contributed by atoms with Gasteiger partial charge in [-0.3, -0.25) is 0 Å². The van der Waals surface area contributed by atoms with Crippen LogP contribution in [-0.2, 0) is 9.53 Å². The van der Waals surface area contributed by atoms with Crippen molar-refractivity contribution in [3.05, 3.63) is 34.3 Å². The Morgan fingerprint density at radius 2 is 2.26 bits per heavy atom. The summed E-state index contributed by atoms with van der Waals surface area (Å²) in [5.74, 6) is -0.950. The van der Waals surface area contributed by atoms with E-state index in [4.69, 9.17) is 9.84 Å². The van der Waals surface area contributed by atoms with E-state index in [0.29, 0.717) is 6.61 Å². The van der Waals surface area contributed by atoms with Crippen LogP contribution < -0.4 is 4.90 Å². The highest BCUT2D eigenvalue weighted by Crippen LogP contribution is 2.26. The predicted octanol–water partition coefficient (Wildman–Crippen LogP) is 3.02. The van der Waals surface area contributed by atoms with E-state index in [2.05, 4.69) is 27.8 Å². The number of carboxylic acid groups (broad SMARTS) is 1. The second-order valence-corrected chi connectivity index (χ2v) is 4.86. The van der Waals surface area contributed by atoms with Crippen molar-refractivity contribution in [1.82, 2.24) is 0 Å². The third-order valence-electron chi connectivity index (χ3n) is 2.69. The minimum Gasteiger partial charge on any atom is -0.478 e. The minimum atomic E-state index is -0.950. The average molecular weight is 328 g/mol. The van der Waals surface area contributed by atoms with Crippen molar-refractivity contribution in [2.45, 2.75) is 6.92 Å². The molecule has 1 aromatic rings. The molecule has 5 heteroatoms. The third-order valence-corrected chi connectivity index (χ3v) is 3.18. The van der Waals surface area contributed by atoms with Crippen LogP contribution in [0.15, 0.2) is 28.7 Å². The van der Waals surface area contributed by atoms with E-state index in [9.17, 15) is 4.79 Å². The lowest BCUT2D eigenvalue weighted by molar-refractivity contribution is -0.131. The molecule has 1 rings (SSSR count). The summed E-state index contributed by atoms with van der Waals surface area (Å²) in [5, 5.41) is 8.73. The van der Waals surface area contributed by atoms with Crippen LogP contribution in [0.2, 0.25) is 0 Å². The number of ether oxygens (including phenoxy) is 1. The van der Waals surface area contributed by atoms with Gasteiger partial charge < -0.3 is 14.7 Å². The number of carboxylic acids is 1. The lowest BCUT2D eigenvalue weighted by atomic mass is 10.1. The minimum absolute atomic E-state index is 0.627. The van der Waals surface area contributed by atoms with Gasteiger partial charge in [0.15, 0.2) is 0 Å². The van der Waals surface area contributed by atoms with Crippen molar-refractivity contribution in [2.24, 2.45) is 0 Å². The monoisotopic (exact) mass is 327 g/mol. The maximum absolute atomic E-state index is 10.6. The van der Waals surface area contributed by atoms with Crippen molar-refractivity contribution in [3.63, 3.8) is 0 Å². The van der Waals surface area contributed by atoms with Crippen LogP contribution >= 0.6 is 15.9 Å². The molecular weight excluding hydrogens is 310 g/mol. The molecule has 0 unspecified atom stereocenters. The summed E-state index contributed by atoms with van der Waals surface area (Å²) in [7, 11) is 1.67. The van der Waals surface area contributed by atoms with E-state index in [1.165, 1.54) is 0 Å². The zero-order valence-electron chi connectivity index (χ0n) is 11.1. The van der Waals surface area contributed by atoms with Gasteiger partial charge in [-0.15, -0.1) is 0 Å². The number of hydrogen-bond acceptors (Lipinski definition) is 3. The topological polar surface area (TPSA) is 49.8 Å². The van der Waals surface area contributed by atoms with Crippen molar-refractivity contribution in [1.29, 1.82) is 0 Å². The molecule has 0 heterocycles. The van der Waals surface area contributed by atoms with Crippen LogP contribution in [-0.4, -0.2) is 37.9 Å². The number of carbonyl (C=O) groups is 1. The molecule has 0 saturated carbocycles. The molecule has 104 valence electrons.